The second-order valence-corrected chi connectivity index (χ2v) is 3.75. The summed E-state index contributed by atoms with van der Waals surface area (Å²) in [6.45, 7) is 2.98. The summed E-state index contributed by atoms with van der Waals surface area (Å²) in [5.74, 6) is -0.694. The maximum Gasteiger partial charge on any atom is 0.416 e. The van der Waals surface area contributed by atoms with Gasteiger partial charge in [-0.05, 0) is 19.9 Å². The molecule has 0 aliphatic heterocycles. The molecule has 1 atom stereocenters. The third-order valence-electron chi connectivity index (χ3n) is 2.27. The van der Waals surface area contributed by atoms with Gasteiger partial charge in [0.15, 0.2) is 6.10 Å². The molecule has 2 N–H and O–H groups in total. The maximum atomic E-state index is 12.0. The highest BCUT2D eigenvalue weighted by Gasteiger charge is 2.38. The van der Waals surface area contributed by atoms with E-state index in [1.807, 2.05) is 5.32 Å². The standard InChI is InChI=1S/C10H14F3N3O2/c1-3-16-7(4-6(2)15-16)9(18)14-5-8(17)10(11,12)13/h4,8,17H,3,5H2,1-2H3,(H,14,18). The van der Waals surface area contributed by atoms with Gasteiger partial charge in [0.25, 0.3) is 5.91 Å². The van der Waals surface area contributed by atoms with Crippen molar-refractivity contribution in [1.29, 1.82) is 0 Å². The predicted molar refractivity (Wildman–Crippen MR) is 57.0 cm³/mol. The molecule has 1 rings (SSSR count). The fourth-order valence-corrected chi connectivity index (χ4v) is 1.36. The first-order chi connectivity index (χ1) is 8.25. The molecule has 1 unspecified atom stereocenters. The molecule has 1 aromatic heterocycles. The molecule has 1 heterocycles. The quantitative estimate of drug-likeness (QED) is 0.848. The average molecular weight is 265 g/mol. The Hall–Kier alpha value is -1.57. The Labute approximate surface area is 102 Å². The van der Waals surface area contributed by atoms with Crippen LogP contribution in [0.3, 0.4) is 0 Å². The van der Waals surface area contributed by atoms with Gasteiger partial charge < -0.3 is 10.4 Å². The highest BCUT2D eigenvalue weighted by Crippen LogP contribution is 2.19. The Bertz CT molecular complexity index is 428. The third kappa shape index (κ3) is 3.46. The lowest BCUT2D eigenvalue weighted by Crippen LogP contribution is -2.41. The first-order valence-corrected chi connectivity index (χ1v) is 5.33. The van der Waals surface area contributed by atoms with E-state index in [1.165, 1.54) is 10.7 Å². The first kappa shape index (κ1) is 14.5. The van der Waals surface area contributed by atoms with Crippen LogP contribution in [-0.2, 0) is 6.54 Å². The van der Waals surface area contributed by atoms with Crippen molar-refractivity contribution >= 4 is 5.91 Å². The largest absolute Gasteiger partial charge is 0.416 e. The van der Waals surface area contributed by atoms with Crippen LogP contribution in [0.1, 0.15) is 23.1 Å². The van der Waals surface area contributed by atoms with E-state index in [0.717, 1.165) is 0 Å². The number of alkyl halides is 3. The molecule has 0 aliphatic carbocycles. The van der Waals surface area contributed by atoms with E-state index in [0.29, 0.717) is 12.2 Å². The number of hydrogen-bond acceptors (Lipinski definition) is 3. The number of halogens is 3. The van der Waals surface area contributed by atoms with E-state index in [9.17, 15) is 18.0 Å². The maximum absolute atomic E-state index is 12.0. The highest BCUT2D eigenvalue weighted by atomic mass is 19.4. The van der Waals surface area contributed by atoms with Crippen LogP contribution in [0.2, 0.25) is 0 Å². The fraction of sp³-hybridized carbons (Fsp3) is 0.600. The number of amides is 1. The van der Waals surface area contributed by atoms with Crippen LogP contribution in [0, 0.1) is 6.92 Å². The molecular weight excluding hydrogens is 251 g/mol. The number of aryl methyl sites for hydroxylation is 2. The van der Waals surface area contributed by atoms with Crippen LogP contribution in [0.4, 0.5) is 13.2 Å². The number of nitrogens with one attached hydrogen (secondary N) is 1. The van der Waals surface area contributed by atoms with Crippen molar-refractivity contribution in [2.24, 2.45) is 0 Å². The Balaban J connectivity index is 2.66. The van der Waals surface area contributed by atoms with Crippen molar-refractivity contribution < 1.29 is 23.1 Å². The van der Waals surface area contributed by atoms with Crippen molar-refractivity contribution in [1.82, 2.24) is 15.1 Å². The molecule has 18 heavy (non-hydrogen) atoms. The van der Waals surface area contributed by atoms with Crippen LogP contribution >= 0.6 is 0 Å². The number of aromatic nitrogens is 2. The summed E-state index contributed by atoms with van der Waals surface area (Å²) in [5, 5.41) is 14.8. The van der Waals surface area contributed by atoms with E-state index in [4.69, 9.17) is 5.11 Å². The second kappa shape index (κ2) is 5.38. The van der Waals surface area contributed by atoms with Gasteiger partial charge in [0.05, 0.1) is 12.2 Å². The molecule has 1 aromatic rings. The fourth-order valence-electron chi connectivity index (χ4n) is 1.36. The normalized spacial score (nSPS) is 13.4. The van der Waals surface area contributed by atoms with Gasteiger partial charge in [-0.3, -0.25) is 9.48 Å². The van der Waals surface area contributed by atoms with Crippen molar-refractivity contribution in [3.05, 3.63) is 17.5 Å². The molecule has 0 radical (unpaired) electrons. The number of carbonyl (C=O) groups is 1. The van der Waals surface area contributed by atoms with Crippen molar-refractivity contribution in [2.45, 2.75) is 32.7 Å². The van der Waals surface area contributed by atoms with Crippen molar-refractivity contribution in [3.63, 3.8) is 0 Å². The number of hydrogen-bond donors (Lipinski definition) is 2. The highest BCUT2D eigenvalue weighted by molar-refractivity contribution is 5.92. The summed E-state index contributed by atoms with van der Waals surface area (Å²) in [5.41, 5.74) is 0.766. The van der Waals surface area contributed by atoms with Crippen molar-refractivity contribution in [3.8, 4) is 0 Å². The van der Waals surface area contributed by atoms with Gasteiger partial charge in [-0.2, -0.15) is 18.3 Å². The van der Waals surface area contributed by atoms with Crippen molar-refractivity contribution in [2.75, 3.05) is 6.54 Å². The summed E-state index contributed by atoms with van der Waals surface area (Å²) < 4.78 is 37.5. The topological polar surface area (TPSA) is 67.2 Å². The number of carbonyl (C=O) groups excluding carboxylic acids is 1. The molecule has 5 nitrogen and oxygen atoms in total. The van der Waals surface area contributed by atoms with E-state index in [-0.39, 0.29) is 5.69 Å². The minimum Gasteiger partial charge on any atom is -0.382 e. The van der Waals surface area contributed by atoms with Gasteiger partial charge in [-0.1, -0.05) is 0 Å². The van der Waals surface area contributed by atoms with Gasteiger partial charge in [-0.15, -0.1) is 0 Å². The third-order valence-corrected chi connectivity index (χ3v) is 2.27. The molecule has 102 valence electrons. The van der Waals surface area contributed by atoms with Gasteiger partial charge in [-0.25, -0.2) is 0 Å². The Morgan fingerprint density at radius 2 is 2.22 bits per heavy atom. The number of aliphatic hydroxyl groups excluding tert-OH is 1. The number of nitrogens with zero attached hydrogens (tertiary/aromatic N) is 2. The number of rotatable bonds is 4. The monoisotopic (exact) mass is 265 g/mol. The summed E-state index contributed by atoms with van der Waals surface area (Å²) in [7, 11) is 0. The zero-order valence-electron chi connectivity index (χ0n) is 9.95. The second-order valence-electron chi connectivity index (χ2n) is 3.75. The van der Waals surface area contributed by atoms with E-state index in [2.05, 4.69) is 5.10 Å². The van der Waals surface area contributed by atoms with Gasteiger partial charge in [0, 0.05) is 6.54 Å². The number of aliphatic hydroxyl groups is 1. The predicted octanol–water partition coefficient (Wildman–Crippen LogP) is 0.864. The molecule has 0 spiro atoms. The van der Waals surface area contributed by atoms with E-state index in [1.54, 1.807) is 13.8 Å². The lowest BCUT2D eigenvalue weighted by molar-refractivity contribution is -0.201. The lowest BCUT2D eigenvalue weighted by atomic mass is 10.3. The van der Waals surface area contributed by atoms with Crippen LogP contribution in [-0.4, -0.2) is 39.6 Å². The average Bonchev–Trinajstić information content (AvgIpc) is 2.65. The van der Waals surface area contributed by atoms with Gasteiger partial charge >= 0.3 is 6.18 Å². The Kier molecular flexibility index (Phi) is 4.33. The molecule has 0 fully saturated rings. The van der Waals surface area contributed by atoms with Gasteiger partial charge in [0.2, 0.25) is 0 Å². The Morgan fingerprint density at radius 3 is 2.72 bits per heavy atom. The SMILES string of the molecule is CCn1nc(C)cc1C(=O)NCC(O)C(F)(F)F. The molecule has 0 saturated carbocycles. The van der Waals surface area contributed by atoms with E-state index >= 15 is 0 Å². The summed E-state index contributed by atoms with van der Waals surface area (Å²) in [6, 6.07) is 1.47. The molecular formula is C10H14F3N3O2. The minimum atomic E-state index is -4.74. The molecule has 0 aliphatic rings. The zero-order chi connectivity index (χ0) is 13.9. The smallest absolute Gasteiger partial charge is 0.382 e. The minimum absolute atomic E-state index is 0.171. The molecule has 0 saturated heterocycles. The molecule has 0 aromatic carbocycles. The Morgan fingerprint density at radius 1 is 1.61 bits per heavy atom. The van der Waals surface area contributed by atoms with Crippen LogP contribution in [0.25, 0.3) is 0 Å². The summed E-state index contributed by atoms with van der Waals surface area (Å²) >= 11 is 0. The molecule has 8 heteroatoms. The van der Waals surface area contributed by atoms with Gasteiger partial charge in [0.1, 0.15) is 5.69 Å². The molecule has 1 amide bonds. The zero-order valence-corrected chi connectivity index (χ0v) is 9.95. The molecule has 0 bridgehead atoms. The van der Waals surface area contributed by atoms with Crippen LogP contribution in [0.15, 0.2) is 6.07 Å². The lowest BCUT2D eigenvalue weighted by Gasteiger charge is -2.15. The summed E-state index contributed by atoms with van der Waals surface area (Å²) in [6.07, 6.45) is -7.31. The summed E-state index contributed by atoms with van der Waals surface area (Å²) in [4.78, 5) is 11.6. The van der Waals surface area contributed by atoms with E-state index < -0.39 is 24.7 Å². The van der Waals surface area contributed by atoms with Crippen LogP contribution < -0.4 is 5.32 Å². The van der Waals surface area contributed by atoms with Crippen LogP contribution in [0.5, 0.6) is 0 Å². The first-order valence-electron chi connectivity index (χ1n) is 5.33.